The van der Waals surface area contributed by atoms with E-state index in [9.17, 15) is 14.3 Å². The Morgan fingerprint density at radius 3 is 2.17 bits per heavy atom. The maximum absolute atomic E-state index is 12.0. The molecule has 0 heterocycles. The SMILES string of the molecule is CO[Si](CCCSCC(C)C(=O)OCCOP(=O)(O)OCC[N+](C)(C)C)(OC)OC. The second-order valence-corrected chi connectivity index (χ2v) is 13.4. The van der Waals surface area contributed by atoms with Crippen molar-refractivity contribution in [1.29, 1.82) is 0 Å². The molecule has 0 aliphatic heterocycles. The molecule has 0 aromatic heterocycles. The van der Waals surface area contributed by atoms with Crippen LogP contribution in [0.5, 0.6) is 0 Å². The second-order valence-electron chi connectivity index (χ2n) is 7.69. The lowest BCUT2D eigenvalue weighted by molar-refractivity contribution is -0.870. The highest BCUT2D eigenvalue weighted by molar-refractivity contribution is 7.99. The lowest BCUT2D eigenvalue weighted by Gasteiger charge is -2.24. The van der Waals surface area contributed by atoms with Gasteiger partial charge >= 0.3 is 22.6 Å². The van der Waals surface area contributed by atoms with Crippen molar-refractivity contribution in [1.82, 2.24) is 0 Å². The van der Waals surface area contributed by atoms with Crippen molar-refractivity contribution in [2.75, 3.05) is 80.3 Å². The van der Waals surface area contributed by atoms with Crippen LogP contribution in [0.15, 0.2) is 0 Å². The van der Waals surface area contributed by atoms with Gasteiger partial charge in [0, 0.05) is 33.1 Å². The molecule has 0 saturated heterocycles. The Labute approximate surface area is 186 Å². The number of hydrogen-bond acceptors (Lipinski definition) is 9. The third kappa shape index (κ3) is 14.1. The van der Waals surface area contributed by atoms with Gasteiger partial charge in [-0.25, -0.2) is 4.57 Å². The Hall–Kier alpha value is -0.0131. The first-order chi connectivity index (χ1) is 13.9. The van der Waals surface area contributed by atoms with Crippen molar-refractivity contribution < 1.29 is 45.8 Å². The van der Waals surface area contributed by atoms with E-state index in [0.717, 1.165) is 12.2 Å². The number of nitrogens with zero attached hydrogens (tertiary/aromatic N) is 1. The topological polar surface area (TPSA) is 110 Å². The van der Waals surface area contributed by atoms with Crippen molar-refractivity contribution in [3.8, 4) is 0 Å². The van der Waals surface area contributed by atoms with Gasteiger partial charge in [0.15, 0.2) is 0 Å². The molecule has 10 nitrogen and oxygen atoms in total. The summed E-state index contributed by atoms with van der Waals surface area (Å²) in [6.45, 7) is 2.11. The molecule has 30 heavy (non-hydrogen) atoms. The molecule has 0 radical (unpaired) electrons. The number of carbonyl (C=O) groups is 1. The Kier molecular flexibility index (Phi) is 14.9. The lowest BCUT2D eigenvalue weighted by Crippen LogP contribution is -2.42. The standard InChI is InChI=1S/C17H38NO9PSSi/c1-16(15-29-13-8-14-30(22-5,23-6)24-7)17(19)25-11-12-27-28(20,21)26-10-9-18(2,3)4/h16H,8-15H2,1-7H3/p+1. The maximum atomic E-state index is 12.0. The Morgan fingerprint density at radius 2 is 1.63 bits per heavy atom. The number of ether oxygens (including phenoxy) is 1. The van der Waals surface area contributed by atoms with Crippen LogP contribution in [0.1, 0.15) is 13.3 Å². The van der Waals surface area contributed by atoms with Crippen molar-refractivity contribution in [2.45, 2.75) is 19.4 Å². The molecule has 1 N–H and O–H groups in total. The van der Waals surface area contributed by atoms with E-state index in [4.69, 9.17) is 27.1 Å². The summed E-state index contributed by atoms with van der Waals surface area (Å²) in [6, 6.07) is 0.706. The minimum Gasteiger partial charge on any atom is -0.463 e. The fourth-order valence-corrected chi connectivity index (χ4v) is 5.85. The average molecular weight is 493 g/mol. The van der Waals surface area contributed by atoms with E-state index in [1.54, 1.807) is 40.0 Å². The monoisotopic (exact) mass is 492 g/mol. The highest BCUT2D eigenvalue weighted by Gasteiger charge is 2.36. The molecule has 0 bridgehead atoms. The second kappa shape index (κ2) is 14.9. The molecular formula is C17H39NO9PSSi+. The molecule has 2 atom stereocenters. The van der Waals surface area contributed by atoms with Gasteiger partial charge in [0.2, 0.25) is 0 Å². The number of quaternary nitrogens is 1. The van der Waals surface area contributed by atoms with E-state index in [0.29, 0.717) is 22.8 Å². The smallest absolute Gasteiger partial charge is 0.463 e. The van der Waals surface area contributed by atoms with Gasteiger partial charge in [-0.2, -0.15) is 11.8 Å². The van der Waals surface area contributed by atoms with E-state index in [-0.39, 0.29) is 31.7 Å². The van der Waals surface area contributed by atoms with Gasteiger partial charge in [-0.3, -0.25) is 13.8 Å². The van der Waals surface area contributed by atoms with Crippen molar-refractivity contribution in [3.05, 3.63) is 0 Å². The summed E-state index contributed by atoms with van der Waals surface area (Å²) < 4.78 is 43.3. The Balaban J connectivity index is 3.95. The van der Waals surface area contributed by atoms with E-state index >= 15 is 0 Å². The van der Waals surface area contributed by atoms with Gasteiger partial charge in [-0.15, -0.1) is 0 Å². The summed E-state index contributed by atoms with van der Waals surface area (Å²) in [5.41, 5.74) is 0. The molecule has 0 spiro atoms. The molecule has 0 fully saturated rings. The summed E-state index contributed by atoms with van der Waals surface area (Å²) in [6.07, 6.45) is 0.849. The molecular weight excluding hydrogens is 453 g/mol. The third-order valence-electron chi connectivity index (χ3n) is 4.07. The molecule has 180 valence electrons. The minimum atomic E-state index is -4.14. The Bertz CT molecular complexity index is 524. The van der Waals surface area contributed by atoms with Gasteiger partial charge in [-0.05, 0) is 12.2 Å². The Morgan fingerprint density at radius 1 is 1.07 bits per heavy atom. The van der Waals surface area contributed by atoms with Crippen LogP contribution >= 0.6 is 19.6 Å². The molecule has 0 amide bonds. The zero-order valence-corrected chi connectivity index (χ0v) is 22.0. The van der Waals surface area contributed by atoms with Crippen LogP contribution < -0.4 is 0 Å². The highest BCUT2D eigenvalue weighted by Crippen LogP contribution is 2.42. The highest BCUT2D eigenvalue weighted by atomic mass is 32.2. The quantitative estimate of drug-likeness (QED) is 0.100. The van der Waals surface area contributed by atoms with Gasteiger partial charge in [-0.1, -0.05) is 6.92 Å². The first-order valence-electron chi connectivity index (χ1n) is 9.72. The molecule has 0 saturated carbocycles. The number of carbonyl (C=O) groups excluding carboxylic acids is 1. The summed E-state index contributed by atoms with van der Waals surface area (Å²) >= 11 is 1.63. The van der Waals surface area contributed by atoms with Crippen molar-refractivity contribution in [3.63, 3.8) is 0 Å². The van der Waals surface area contributed by atoms with E-state index < -0.39 is 16.6 Å². The fourth-order valence-electron chi connectivity index (χ4n) is 2.18. The number of likely N-dealkylation sites (N-methyl/N-ethyl adjacent to an activating group) is 1. The fraction of sp³-hybridized carbons (Fsp3) is 0.941. The minimum absolute atomic E-state index is 0.0913. The van der Waals surface area contributed by atoms with Gasteiger partial charge in [0.05, 0.1) is 33.7 Å². The van der Waals surface area contributed by atoms with Crippen LogP contribution in [-0.2, 0) is 36.4 Å². The third-order valence-corrected chi connectivity index (χ3v) is 9.24. The van der Waals surface area contributed by atoms with E-state index in [2.05, 4.69) is 0 Å². The number of hydrogen-bond donors (Lipinski definition) is 1. The maximum Gasteiger partial charge on any atom is 0.500 e. The van der Waals surface area contributed by atoms with Crippen LogP contribution in [-0.4, -0.2) is 104 Å². The molecule has 2 unspecified atom stereocenters. The number of phosphoric acid groups is 1. The van der Waals surface area contributed by atoms with E-state index in [1.807, 2.05) is 21.1 Å². The first kappa shape index (κ1) is 30.0. The number of thioether (sulfide) groups is 1. The molecule has 0 aromatic rings. The van der Waals surface area contributed by atoms with Crippen LogP contribution in [0.3, 0.4) is 0 Å². The predicted octanol–water partition coefficient (Wildman–Crippen LogP) is 2.01. The van der Waals surface area contributed by atoms with Crippen molar-refractivity contribution >= 4 is 34.4 Å². The summed E-state index contributed by atoms with van der Waals surface area (Å²) in [4.78, 5) is 21.6. The molecule has 0 aromatic carbocycles. The summed E-state index contributed by atoms with van der Waals surface area (Å²) in [7, 11) is 3.90. The van der Waals surface area contributed by atoms with E-state index in [1.165, 1.54) is 0 Å². The predicted molar refractivity (Wildman–Crippen MR) is 118 cm³/mol. The summed E-state index contributed by atoms with van der Waals surface area (Å²) in [5.74, 6) is 0.766. The molecule has 0 aliphatic rings. The zero-order chi connectivity index (χ0) is 23.3. The van der Waals surface area contributed by atoms with Crippen LogP contribution in [0.4, 0.5) is 0 Å². The van der Waals surface area contributed by atoms with Gasteiger partial charge in [0.25, 0.3) is 0 Å². The van der Waals surface area contributed by atoms with Gasteiger partial charge < -0.3 is 27.4 Å². The summed E-state index contributed by atoms with van der Waals surface area (Å²) in [5, 5.41) is 0. The number of rotatable bonds is 18. The molecule has 13 heteroatoms. The van der Waals surface area contributed by atoms with Crippen LogP contribution in [0, 0.1) is 5.92 Å². The first-order valence-corrected chi connectivity index (χ1v) is 14.3. The van der Waals surface area contributed by atoms with Crippen LogP contribution in [0.2, 0.25) is 6.04 Å². The zero-order valence-electron chi connectivity index (χ0n) is 19.3. The molecule has 0 rings (SSSR count). The number of phosphoric ester groups is 1. The van der Waals surface area contributed by atoms with Gasteiger partial charge in [0.1, 0.15) is 19.8 Å². The number of esters is 1. The largest absolute Gasteiger partial charge is 0.500 e. The van der Waals surface area contributed by atoms with Crippen LogP contribution in [0.25, 0.3) is 0 Å². The average Bonchev–Trinajstić information content (AvgIpc) is 2.67. The lowest BCUT2D eigenvalue weighted by atomic mass is 10.2. The molecule has 0 aliphatic carbocycles. The van der Waals surface area contributed by atoms with Crippen molar-refractivity contribution in [2.24, 2.45) is 5.92 Å². The normalized spacial score (nSPS) is 15.6.